The summed E-state index contributed by atoms with van der Waals surface area (Å²) in [6.07, 6.45) is 5.83. The van der Waals surface area contributed by atoms with E-state index in [2.05, 4.69) is 10.2 Å². The van der Waals surface area contributed by atoms with Crippen molar-refractivity contribution in [2.45, 2.75) is 17.4 Å². The fourth-order valence-electron chi connectivity index (χ4n) is 2.63. The molecule has 2 heterocycles. The van der Waals surface area contributed by atoms with Crippen LogP contribution in [0.2, 0.25) is 0 Å². The minimum Gasteiger partial charge on any atom is -0.292 e. The second-order valence-corrected chi connectivity index (χ2v) is 7.60. The van der Waals surface area contributed by atoms with E-state index >= 15 is 0 Å². The van der Waals surface area contributed by atoms with Crippen LogP contribution in [0.1, 0.15) is 23.6 Å². The molecule has 2 aromatic rings. The van der Waals surface area contributed by atoms with Crippen molar-refractivity contribution in [1.29, 1.82) is 0 Å². The molecular formula is C15H18N4O2S. The van der Waals surface area contributed by atoms with E-state index < -0.39 is 9.84 Å². The van der Waals surface area contributed by atoms with Crippen molar-refractivity contribution in [3.8, 4) is 0 Å². The van der Waals surface area contributed by atoms with E-state index in [4.69, 9.17) is 0 Å². The number of rotatable bonds is 3. The lowest BCUT2D eigenvalue weighted by atomic mass is 10.0. The van der Waals surface area contributed by atoms with Crippen molar-refractivity contribution in [1.82, 2.24) is 14.8 Å². The first-order valence-corrected chi connectivity index (χ1v) is 8.83. The molecule has 0 saturated carbocycles. The van der Waals surface area contributed by atoms with Gasteiger partial charge < -0.3 is 0 Å². The number of hydrogen-bond acceptors (Lipinski definition) is 5. The van der Waals surface area contributed by atoms with Gasteiger partial charge in [0, 0.05) is 38.5 Å². The lowest BCUT2D eigenvalue weighted by Gasteiger charge is -2.16. The van der Waals surface area contributed by atoms with Gasteiger partial charge in [-0.1, -0.05) is 12.1 Å². The van der Waals surface area contributed by atoms with Crippen LogP contribution in [-0.4, -0.2) is 42.2 Å². The van der Waals surface area contributed by atoms with E-state index in [1.807, 2.05) is 43.6 Å². The summed E-state index contributed by atoms with van der Waals surface area (Å²) in [5.74, 6) is 0. The summed E-state index contributed by atoms with van der Waals surface area (Å²) >= 11 is 0. The number of aromatic nitrogens is 2. The van der Waals surface area contributed by atoms with Crippen molar-refractivity contribution in [3.05, 3.63) is 47.8 Å². The maximum atomic E-state index is 11.5. The minimum atomic E-state index is -3.17. The van der Waals surface area contributed by atoms with E-state index in [-0.39, 0.29) is 6.04 Å². The normalized spacial score (nSPS) is 18.6. The van der Waals surface area contributed by atoms with Gasteiger partial charge in [0.05, 0.1) is 22.8 Å². The van der Waals surface area contributed by atoms with Crippen molar-refractivity contribution in [2.24, 2.45) is 12.1 Å². The maximum Gasteiger partial charge on any atom is 0.175 e. The van der Waals surface area contributed by atoms with Crippen molar-refractivity contribution >= 4 is 15.5 Å². The first-order valence-electron chi connectivity index (χ1n) is 6.94. The number of aryl methyl sites for hydroxylation is 1. The first-order chi connectivity index (χ1) is 10.3. The van der Waals surface area contributed by atoms with Crippen molar-refractivity contribution in [3.63, 3.8) is 0 Å². The number of sulfone groups is 1. The standard InChI is InChI=1S/C15H18N4O2S/c1-18-10-12(9-16-18)15-8-14(17-19(15)2)11-4-6-13(7-5-11)22(3,20)21/h4-7,9-10,15H,8H2,1-3H3/t15-/m0/s1. The molecule has 0 bridgehead atoms. The van der Waals surface area contributed by atoms with Crippen LogP contribution < -0.4 is 0 Å². The Hall–Kier alpha value is -2.15. The van der Waals surface area contributed by atoms with Crippen LogP contribution in [0.25, 0.3) is 0 Å². The van der Waals surface area contributed by atoms with Gasteiger partial charge in [0.25, 0.3) is 0 Å². The zero-order valence-electron chi connectivity index (χ0n) is 12.8. The molecule has 0 fully saturated rings. The molecule has 1 atom stereocenters. The van der Waals surface area contributed by atoms with E-state index in [0.29, 0.717) is 4.90 Å². The summed E-state index contributed by atoms with van der Waals surface area (Å²) < 4.78 is 24.8. The molecule has 0 aliphatic carbocycles. The van der Waals surface area contributed by atoms with E-state index in [0.717, 1.165) is 23.3 Å². The van der Waals surface area contributed by atoms with Gasteiger partial charge in [-0.2, -0.15) is 10.2 Å². The topological polar surface area (TPSA) is 67.6 Å². The average molecular weight is 318 g/mol. The SMILES string of the molecule is CN1N=C(c2ccc(S(C)(=O)=O)cc2)C[C@H]1c1cnn(C)c1. The van der Waals surface area contributed by atoms with Crippen LogP contribution in [0.3, 0.4) is 0 Å². The molecule has 22 heavy (non-hydrogen) atoms. The maximum absolute atomic E-state index is 11.5. The number of benzene rings is 1. The number of hydrogen-bond donors (Lipinski definition) is 0. The van der Waals surface area contributed by atoms with Crippen molar-refractivity contribution in [2.75, 3.05) is 13.3 Å². The summed E-state index contributed by atoms with van der Waals surface area (Å²) in [7, 11) is 0.667. The third-order valence-corrected chi connectivity index (χ3v) is 4.97. The lowest BCUT2D eigenvalue weighted by molar-refractivity contribution is 0.290. The van der Waals surface area contributed by atoms with Gasteiger partial charge in [0.1, 0.15) is 0 Å². The Morgan fingerprint density at radius 3 is 2.41 bits per heavy atom. The lowest BCUT2D eigenvalue weighted by Crippen LogP contribution is -2.13. The molecule has 7 heteroatoms. The zero-order chi connectivity index (χ0) is 15.9. The summed E-state index contributed by atoms with van der Waals surface area (Å²) in [6, 6.07) is 7.05. The monoisotopic (exact) mass is 318 g/mol. The molecule has 1 aliphatic rings. The molecule has 0 saturated heterocycles. The molecule has 0 spiro atoms. The molecule has 1 aromatic carbocycles. The van der Waals surface area contributed by atoms with Crippen LogP contribution in [0, 0.1) is 0 Å². The van der Waals surface area contributed by atoms with E-state index in [1.165, 1.54) is 6.26 Å². The quantitative estimate of drug-likeness (QED) is 0.862. The van der Waals surface area contributed by atoms with Crippen LogP contribution >= 0.6 is 0 Å². The average Bonchev–Trinajstić information content (AvgIpc) is 3.04. The van der Waals surface area contributed by atoms with Gasteiger partial charge in [0.15, 0.2) is 9.84 Å². The minimum absolute atomic E-state index is 0.165. The summed E-state index contributed by atoms with van der Waals surface area (Å²) in [5.41, 5.74) is 3.03. The molecule has 6 nitrogen and oxygen atoms in total. The smallest absolute Gasteiger partial charge is 0.175 e. The van der Waals surface area contributed by atoms with Crippen LogP contribution in [0.5, 0.6) is 0 Å². The van der Waals surface area contributed by atoms with Crippen LogP contribution in [0.15, 0.2) is 46.7 Å². The Kier molecular flexibility index (Phi) is 3.52. The second kappa shape index (κ2) is 5.24. The predicted octanol–water partition coefficient (Wildman–Crippen LogP) is 1.60. The largest absolute Gasteiger partial charge is 0.292 e. The third kappa shape index (κ3) is 2.76. The Balaban J connectivity index is 1.83. The Labute approximate surface area is 130 Å². The van der Waals surface area contributed by atoms with E-state index in [9.17, 15) is 8.42 Å². The van der Waals surface area contributed by atoms with Gasteiger partial charge in [-0.3, -0.25) is 9.69 Å². The van der Waals surface area contributed by atoms with Crippen LogP contribution in [-0.2, 0) is 16.9 Å². The number of hydrazone groups is 1. The molecule has 3 rings (SSSR count). The third-order valence-electron chi connectivity index (χ3n) is 3.84. The highest BCUT2D eigenvalue weighted by molar-refractivity contribution is 7.90. The molecular weight excluding hydrogens is 300 g/mol. The zero-order valence-corrected chi connectivity index (χ0v) is 13.6. The van der Waals surface area contributed by atoms with Gasteiger partial charge in [0.2, 0.25) is 0 Å². The summed E-state index contributed by atoms with van der Waals surface area (Å²) in [5, 5.41) is 10.7. The molecule has 0 amide bonds. The highest BCUT2D eigenvalue weighted by atomic mass is 32.2. The predicted molar refractivity (Wildman–Crippen MR) is 84.4 cm³/mol. The highest BCUT2D eigenvalue weighted by Gasteiger charge is 2.27. The second-order valence-electron chi connectivity index (χ2n) is 5.58. The fraction of sp³-hybridized carbons (Fsp3) is 0.333. The molecule has 0 radical (unpaired) electrons. The molecule has 0 unspecified atom stereocenters. The van der Waals surface area contributed by atoms with E-state index in [1.54, 1.807) is 16.8 Å². The van der Waals surface area contributed by atoms with Gasteiger partial charge >= 0.3 is 0 Å². The highest BCUT2D eigenvalue weighted by Crippen LogP contribution is 2.31. The Morgan fingerprint density at radius 2 is 1.86 bits per heavy atom. The van der Waals surface area contributed by atoms with Gasteiger partial charge in [-0.05, 0) is 17.7 Å². The molecule has 1 aromatic heterocycles. The summed E-state index contributed by atoms with van der Waals surface area (Å²) in [6.45, 7) is 0. The fourth-order valence-corrected chi connectivity index (χ4v) is 3.26. The Bertz CT molecular complexity index is 821. The van der Waals surface area contributed by atoms with Gasteiger partial charge in [-0.15, -0.1) is 0 Å². The number of nitrogens with zero attached hydrogens (tertiary/aromatic N) is 4. The molecule has 1 aliphatic heterocycles. The molecule has 116 valence electrons. The van der Waals surface area contributed by atoms with Crippen molar-refractivity contribution < 1.29 is 8.42 Å². The first kappa shape index (κ1) is 14.8. The van der Waals surface area contributed by atoms with Gasteiger partial charge in [-0.25, -0.2) is 8.42 Å². The van der Waals surface area contributed by atoms with Crippen LogP contribution in [0.4, 0.5) is 0 Å². The summed E-state index contributed by atoms with van der Waals surface area (Å²) in [4.78, 5) is 0.326. The Morgan fingerprint density at radius 1 is 1.18 bits per heavy atom. The molecule has 0 N–H and O–H groups in total.